The highest BCUT2D eigenvalue weighted by molar-refractivity contribution is 6.12. The van der Waals surface area contributed by atoms with Crippen molar-refractivity contribution >= 4 is 27.6 Å². The van der Waals surface area contributed by atoms with E-state index in [0.717, 1.165) is 21.7 Å². The number of primary amides is 1. The molecule has 84 valence electrons. The van der Waals surface area contributed by atoms with E-state index in [2.05, 4.69) is 10.2 Å². The zero-order chi connectivity index (χ0) is 12.0. The molecule has 0 radical (unpaired) electrons. The van der Waals surface area contributed by atoms with E-state index in [1.54, 1.807) is 24.3 Å². The summed E-state index contributed by atoms with van der Waals surface area (Å²) in [6, 6.07) is 8.35. The largest absolute Gasteiger partial charge is 0.364 e. The Morgan fingerprint density at radius 3 is 2.59 bits per heavy atom. The molecule has 1 heterocycles. The van der Waals surface area contributed by atoms with E-state index in [9.17, 15) is 9.59 Å². The minimum Gasteiger partial charge on any atom is -0.364 e. The first kappa shape index (κ1) is 9.65. The van der Waals surface area contributed by atoms with Crippen molar-refractivity contribution in [2.45, 2.75) is 0 Å². The highest BCUT2D eigenvalue weighted by atomic mass is 16.1. The summed E-state index contributed by atoms with van der Waals surface area (Å²) in [5.41, 5.74) is 6.33. The molecule has 0 spiro atoms. The van der Waals surface area contributed by atoms with Crippen LogP contribution in [0.15, 0.2) is 35.1 Å². The van der Waals surface area contributed by atoms with Gasteiger partial charge in [0, 0.05) is 10.8 Å². The molecule has 1 amide bonds. The van der Waals surface area contributed by atoms with Crippen LogP contribution in [0.5, 0.6) is 0 Å². The zero-order valence-corrected chi connectivity index (χ0v) is 8.78. The van der Waals surface area contributed by atoms with Crippen LogP contribution >= 0.6 is 0 Å². The summed E-state index contributed by atoms with van der Waals surface area (Å²) < 4.78 is 0. The smallest absolute Gasteiger partial charge is 0.267 e. The third kappa shape index (κ3) is 1.32. The molecule has 2 aromatic carbocycles. The van der Waals surface area contributed by atoms with Crippen molar-refractivity contribution in [2.24, 2.45) is 5.73 Å². The molecule has 0 aliphatic carbocycles. The molecule has 0 saturated carbocycles. The lowest BCUT2D eigenvalue weighted by molar-refractivity contribution is 0.0997. The van der Waals surface area contributed by atoms with Crippen molar-refractivity contribution < 1.29 is 4.79 Å². The van der Waals surface area contributed by atoms with Crippen LogP contribution in [-0.4, -0.2) is 16.1 Å². The van der Waals surface area contributed by atoms with E-state index in [-0.39, 0.29) is 5.43 Å². The van der Waals surface area contributed by atoms with Gasteiger partial charge in [-0.2, -0.15) is 0 Å². The average Bonchev–Trinajstić information content (AvgIpc) is 2.72. The number of benzene rings is 2. The highest BCUT2D eigenvalue weighted by Crippen LogP contribution is 2.24. The van der Waals surface area contributed by atoms with Gasteiger partial charge in [-0.15, -0.1) is 0 Å². The normalized spacial score (nSPS) is 11.1. The van der Waals surface area contributed by atoms with E-state index < -0.39 is 5.91 Å². The number of amides is 1. The van der Waals surface area contributed by atoms with Gasteiger partial charge in [-0.25, -0.2) is 0 Å². The summed E-state index contributed by atoms with van der Waals surface area (Å²) in [4.78, 5) is 22.4. The number of carbonyl (C=O) groups excluding carboxylic acids is 1. The Bertz CT molecular complexity index is 798. The van der Waals surface area contributed by atoms with Crippen LogP contribution in [0.2, 0.25) is 0 Å². The maximum atomic E-state index is 11.2. The molecule has 3 rings (SSSR count). The summed E-state index contributed by atoms with van der Waals surface area (Å²) in [6.45, 7) is 0. The Hall–Kier alpha value is -2.56. The zero-order valence-electron chi connectivity index (χ0n) is 8.78. The van der Waals surface area contributed by atoms with Gasteiger partial charge in [0.15, 0.2) is 5.43 Å². The van der Waals surface area contributed by atoms with Gasteiger partial charge in [-0.05, 0) is 29.7 Å². The molecule has 4 N–H and O–H groups in total. The van der Waals surface area contributed by atoms with E-state index in [0.29, 0.717) is 5.69 Å². The molecular formula is C12H9N3O2. The molecule has 5 nitrogen and oxygen atoms in total. The second kappa shape index (κ2) is 3.21. The highest BCUT2D eigenvalue weighted by Gasteiger charge is 2.11. The molecular weight excluding hydrogens is 218 g/mol. The van der Waals surface area contributed by atoms with Crippen LogP contribution in [0, 0.1) is 0 Å². The predicted molar refractivity (Wildman–Crippen MR) is 64.9 cm³/mol. The summed E-state index contributed by atoms with van der Waals surface area (Å²) >= 11 is 0. The Labute approximate surface area is 95.2 Å². The van der Waals surface area contributed by atoms with Gasteiger partial charge in [0.1, 0.15) is 5.69 Å². The van der Waals surface area contributed by atoms with Gasteiger partial charge >= 0.3 is 0 Å². The Morgan fingerprint density at radius 1 is 1.06 bits per heavy atom. The number of aromatic amines is 2. The second-order valence-electron chi connectivity index (χ2n) is 3.86. The Morgan fingerprint density at radius 2 is 1.82 bits per heavy atom. The molecule has 0 atom stereocenters. The van der Waals surface area contributed by atoms with Crippen molar-refractivity contribution in [1.82, 2.24) is 10.2 Å². The minimum atomic E-state index is -0.518. The van der Waals surface area contributed by atoms with Crippen LogP contribution in [0.4, 0.5) is 0 Å². The number of hydrogen-bond acceptors (Lipinski definition) is 2. The first-order valence-corrected chi connectivity index (χ1v) is 5.10. The molecule has 3 aromatic rings. The summed E-state index contributed by atoms with van der Waals surface area (Å²) in [5.74, 6) is -0.518. The third-order valence-corrected chi connectivity index (χ3v) is 2.82. The molecule has 5 heteroatoms. The number of rotatable bonds is 1. The lowest BCUT2D eigenvalue weighted by Crippen LogP contribution is -2.11. The number of nitrogens with one attached hydrogen (secondary N) is 2. The number of fused-ring (bicyclic) bond motifs is 3. The van der Waals surface area contributed by atoms with Crippen molar-refractivity contribution in [3.63, 3.8) is 0 Å². The Balaban J connectivity index is 2.49. The monoisotopic (exact) mass is 227 g/mol. The molecule has 1 aromatic heterocycles. The quantitative estimate of drug-likeness (QED) is 0.581. The van der Waals surface area contributed by atoms with Gasteiger partial charge in [0.05, 0.1) is 5.52 Å². The van der Waals surface area contributed by atoms with Crippen molar-refractivity contribution in [3.8, 4) is 0 Å². The van der Waals surface area contributed by atoms with Crippen LogP contribution in [-0.2, 0) is 0 Å². The fraction of sp³-hybridized carbons (Fsp3) is 0. The lowest BCUT2D eigenvalue weighted by Gasteiger charge is -1.98. The maximum absolute atomic E-state index is 11.2. The molecule has 0 fully saturated rings. The second-order valence-corrected chi connectivity index (χ2v) is 3.86. The molecule has 0 unspecified atom stereocenters. The Kier molecular flexibility index (Phi) is 1.82. The van der Waals surface area contributed by atoms with Crippen LogP contribution < -0.4 is 11.2 Å². The van der Waals surface area contributed by atoms with Gasteiger partial charge in [-0.1, -0.05) is 6.07 Å². The number of H-pyrrole nitrogens is 2. The van der Waals surface area contributed by atoms with Gasteiger partial charge in [-0.3, -0.25) is 19.8 Å². The number of aromatic nitrogens is 2. The van der Waals surface area contributed by atoms with Gasteiger partial charge < -0.3 is 5.73 Å². The molecule has 17 heavy (non-hydrogen) atoms. The van der Waals surface area contributed by atoms with E-state index in [1.807, 2.05) is 0 Å². The average molecular weight is 227 g/mol. The molecule has 0 aliphatic heterocycles. The lowest BCUT2D eigenvalue weighted by atomic mass is 10.1. The van der Waals surface area contributed by atoms with Crippen LogP contribution in [0.25, 0.3) is 21.7 Å². The molecule has 0 aliphatic rings. The number of nitrogens with two attached hydrogens (primary N) is 1. The van der Waals surface area contributed by atoms with Crippen LogP contribution in [0.1, 0.15) is 10.5 Å². The summed E-state index contributed by atoms with van der Waals surface area (Å²) in [5, 5.41) is 8.08. The molecule has 0 saturated heterocycles. The first-order chi connectivity index (χ1) is 8.16. The predicted octanol–water partition coefficient (Wildman–Crippen LogP) is 1.11. The van der Waals surface area contributed by atoms with Crippen LogP contribution in [0.3, 0.4) is 0 Å². The van der Waals surface area contributed by atoms with Gasteiger partial charge in [0.25, 0.3) is 5.91 Å². The molecule has 0 bridgehead atoms. The standard InChI is InChI=1S/C12H9N3O2/c13-12(17)11-9-3-1-6-5-7(16)2-4-8(6)10(9)14-15-11/h1-5,14-15H,(H2,13,17). The van der Waals surface area contributed by atoms with E-state index in [1.165, 1.54) is 6.07 Å². The first-order valence-electron chi connectivity index (χ1n) is 5.10. The van der Waals surface area contributed by atoms with Crippen molar-refractivity contribution in [1.29, 1.82) is 0 Å². The van der Waals surface area contributed by atoms with E-state index in [4.69, 9.17) is 5.73 Å². The van der Waals surface area contributed by atoms with E-state index >= 15 is 0 Å². The minimum absolute atomic E-state index is 0.0393. The SMILES string of the molecule is NC(=O)c1[nH][nH]c2c1ccc1cc(=O)ccc12. The summed E-state index contributed by atoms with van der Waals surface area (Å²) in [6.07, 6.45) is 0. The fourth-order valence-corrected chi connectivity index (χ4v) is 2.04. The van der Waals surface area contributed by atoms with Crippen molar-refractivity contribution in [2.75, 3.05) is 0 Å². The maximum Gasteiger partial charge on any atom is 0.267 e. The van der Waals surface area contributed by atoms with Gasteiger partial charge in [0.2, 0.25) is 0 Å². The number of carbonyl (C=O) groups is 1. The summed E-state index contributed by atoms with van der Waals surface area (Å²) in [7, 11) is 0. The third-order valence-electron chi connectivity index (χ3n) is 2.82. The number of hydrogen-bond donors (Lipinski definition) is 3. The fourth-order valence-electron chi connectivity index (χ4n) is 2.04. The van der Waals surface area contributed by atoms with Crippen molar-refractivity contribution in [3.05, 3.63) is 46.2 Å². The topological polar surface area (TPSA) is 91.7 Å².